The predicted octanol–water partition coefficient (Wildman–Crippen LogP) is 3.65. The van der Waals surface area contributed by atoms with Gasteiger partial charge in [-0.15, -0.1) is 0 Å². The summed E-state index contributed by atoms with van der Waals surface area (Å²) < 4.78 is 15.0. The Bertz CT molecular complexity index is 465. The van der Waals surface area contributed by atoms with Gasteiger partial charge in [-0.2, -0.15) is 0 Å². The zero-order valence-corrected chi connectivity index (χ0v) is 12.9. The lowest BCUT2D eigenvalue weighted by molar-refractivity contribution is 0.194. The number of halogens is 2. The molecule has 0 N–H and O–H groups in total. The Morgan fingerprint density at radius 3 is 2.95 bits per heavy atom. The molecule has 2 unspecified atom stereocenters. The molecule has 0 bridgehead atoms. The summed E-state index contributed by atoms with van der Waals surface area (Å²) in [6, 6.07) is 6.47. The van der Waals surface area contributed by atoms with Crippen LogP contribution in [0, 0.1) is 5.82 Å². The van der Waals surface area contributed by atoms with Gasteiger partial charge in [0.1, 0.15) is 5.82 Å². The first kappa shape index (κ1) is 13.4. The molecule has 0 radical (unpaired) electrons. The van der Waals surface area contributed by atoms with Crippen LogP contribution in [0.3, 0.4) is 0 Å². The Kier molecular flexibility index (Phi) is 3.81. The molecule has 2 nitrogen and oxygen atoms in total. The van der Waals surface area contributed by atoms with Crippen LogP contribution in [0.5, 0.6) is 0 Å². The molecule has 0 saturated carbocycles. The van der Waals surface area contributed by atoms with Gasteiger partial charge >= 0.3 is 0 Å². The monoisotopic (exact) mass is 326 g/mol. The summed E-state index contributed by atoms with van der Waals surface area (Å²) in [7, 11) is 0. The fourth-order valence-corrected chi connectivity index (χ4v) is 3.78. The van der Waals surface area contributed by atoms with E-state index in [1.54, 1.807) is 6.07 Å². The summed E-state index contributed by atoms with van der Waals surface area (Å²) in [4.78, 5) is 4.87. The zero-order valence-electron chi connectivity index (χ0n) is 11.3. The van der Waals surface area contributed by atoms with Crippen LogP contribution in [-0.4, -0.2) is 36.6 Å². The van der Waals surface area contributed by atoms with E-state index in [1.807, 2.05) is 12.1 Å². The average Bonchev–Trinajstić information content (AvgIpc) is 2.84. The minimum atomic E-state index is -0.112. The Morgan fingerprint density at radius 2 is 2.21 bits per heavy atom. The fraction of sp³-hybridized carbons (Fsp3) is 0.600. The van der Waals surface area contributed by atoms with Crippen molar-refractivity contribution in [1.29, 1.82) is 0 Å². The number of fused-ring (bicyclic) bond motifs is 1. The van der Waals surface area contributed by atoms with Gasteiger partial charge in [-0.3, -0.25) is 4.90 Å². The van der Waals surface area contributed by atoms with E-state index in [1.165, 1.54) is 19.4 Å². The van der Waals surface area contributed by atoms with E-state index in [0.717, 1.165) is 29.7 Å². The van der Waals surface area contributed by atoms with Gasteiger partial charge in [-0.25, -0.2) is 4.39 Å². The highest BCUT2D eigenvalue weighted by atomic mass is 79.9. The minimum Gasteiger partial charge on any atom is -0.363 e. The molecule has 0 spiro atoms. The molecule has 3 rings (SSSR count). The summed E-state index contributed by atoms with van der Waals surface area (Å²) in [6.07, 6.45) is 3.61. The van der Waals surface area contributed by atoms with Crippen LogP contribution in [-0.2, 0) is 0 Å². The van der Waals surface area contributed by atoms with Crippen LogP contribution in [0.2, 0.25) is 0 Å². The number of anilines is 1. The Hall–Kier alpha value is -0.610. The number of piperazine rings is 1. The second-order valence-corrected chi connectivity index (χ2v) is 6.52. The SMILES string of the molecule is CCC1CN2CCCC2CN1c1ccc(Br)cc1F. The maximum Gasteiger partial charge on any atom is 0.147 e. The molecule has 2 fully saturated rings. The first-order chi connectivity index (χ1) is 9.19. The second kappa shape index (κ2) is 5.41. The van der Waals surface area contributed by atoms with Crippen molar-refractivity contribution in [1.82, 2.24) is 4.90 Å². The molecule has 2 aliphatic rings. The quantitative estimate of drug-likeness (QED) is 0.818. The normalized spacial score (nSPS) is 27.6. The summed E-state index contributed by atoms with van der Waals surface area (Å²) >= 11 is 3.33. The Morgan fingerprint density at radius 1 is 1.37 bits per heavy atom. The third-order valence-electron chi connectivity index (χ3n) is 4.48. The number of nitrogens with zero attached hydrogens (tertiary/aromatic N) is 2. The smallest absolute Gasteiger partial charge is 0.147 e. The van der Waals surface area contributed by atoms with E-state index >= 15 is 0 Å². The molecule has 4 heteroatoms. The Labute approximate surface area is 122 Å². The van der Waals surface area contributed by atoms with Gasteiger partial charge in [0.25, 0.3) is 0 Å². The molecule has 2 saturated heterocycles. The first-order valence-corrected chi connectivity index (χ1v) is 7.94. The van der Waals surface area contributed by atoms with Gasteiger partial charge in [-0.05, 0) is 44.0 Å². The molecule has 2 atom stereocenters. The van der Waals surface area contributed by atoms with Crippen molar-refractivity contribution in [2.75, 3.05) is 24.5 Å². The van der Waals surface area contributed by atoms with E-state index < -0.39 is 0 Å². The largest absolute Gasteiger partial charge is 0.363 e. The Balaban J connectivity index is 1.88. The lowest BCUT2D eigenvalue weighted by Gasteiger charge is -2.45. The zero-order chi connectivity index (χ0) is 13.4. The maximum atomic E-state index is 14.2. The van der Waals surface area contributed by atoms with E-state index in [-0.39, 0.29) is 5.82 Å². The molecule has 2 aliphatic heterocycles. The number of benzene rings is 1. The summed E-state index contributed by atoms with van der Waals surface area (Å²) in [5.41, 5.74) is 0.765. The van der Waals surface area contributed by atoms with Crippen molar-refractivity contribution in [2.45, 2.75) is 38.3 Å². The van der Waals surface area contributed by atoms with Crippen molar-refractivity contribution < 1.29 is 4.39 Å². The lowest BCUT2D eigenvalue weighted by atomic mass is 10.0. The van der Waals surface area contributed by atoms with Crippen molar-refractivity contribution in [3.8, 4) is 0 Å². The van der Waals surface area contributed by atoms with Crippen molar-refractivity contribution >= 4 is 21.6 Å². The minimum absolute atomic E-state index is 0.112. The molecule has 0 amide bonds. The fourth-order valence-electron chi connectivity index (χ4n) is 3.45. The van der Waals surface area contributed by atoms with Gasteiger partial charge in [0.2, 0.25) is 0 Å². The van der Waals surface area contributed by atoms with Crippen LogP contribution < -0.4 is 4.90 Å². The van der Waals surface area contributed by atoms with Crippen molar-refractivity contribution in [2.24, 2.45) is 0 Å². The molecule has 1 aromatic carbocycles. The van der Waals surface area contributed by atoms with Crippen LogP contribution in [0.25, 0.3) is 0 Å². The van der Waals surface area contributed by atoms with Gasteiger partial charge < -0.3 is 4.90 Å². The predicted molar refractivity (Wildman–Crippen MR) is 80.1 cm³/mol. The number of rotatable bonds is 2. The summed E-state index contributed by atoms with van der Waals surface area (Å²) in [5.74, 6) is -0.112. The third kappa shape index (κ3) is 2.52. The molecule has 104 valence electrons. The van der Waals surface area contributed by atoms with E-state index in [2.05, 4.69) is 32.7 Å². The van der Waals surface area contributed by atoms with Crippen LogP contribution >= 0.6 is 15.9 Å². The van der Waals surface area contributed by atoms with E-state index in [4.69, 9.17) is 0 Å². The third-order valence-corrected chi connectivity index (χ3v) is 4.98. The van der Waals surface area contributed by atoms with Gasteiger partial charge in [0, 0.05) is 29.6 Å². The number of hydrogen-bond donors (Lipinski definition) is 0. The van der Waals surface area contributed by atoms with Crippen molar-refractivity contribution in [3.05, 3.63) is 28.5 Å². The molecule has 0 aromatic heterocycles. The summed E-state index contributed by atoms with van der Waals surface area (Å²) in [6.45, 7) is 5.47. The second-order valence-electron chi connectivity index (χ2n) is 5.60. The number of hydrogen-bond acceptors (Lipinski definition) is 2. The van der Waals surface area contributed by atoms with Gasteiger partial charge in [0.15, 0.2) is 0 Å². The molecule has 19 heavy (non-hydrogen) atoms. The standard InChI is InChI=1S/C15H20BrFN2/c1-2-12-9-18-7-3-4-13(18)10-19(12)15-6-5-11(16)8-14(15)17/h5-6,8,12-13H,2-4,7,9-10H2,1H3. The highest BCUT2D eigenvalue weighted by Gasteiger charge is 2.36. The highest BCUT2D eigenvalue weighted by molar-refractivity contribution is 9.10. The topological polar surface area (TPSA) is 6.48 Å². The van der Waals surface area contributed by atoms with E-state index in [0.29, 0.717) is 12.1 Å². The summed E-state index contributed by atoms with van der Waals surface area (Å²) in [5, 5.41) is 0. The molecular formula is C15H20BrFN2. The highest BCUT2D eigenvalue weighted by Crippen LogP contribution is 2.32. The van der Waals surface area contributed by atoms with Gasteiger partial charge in [-0.1, -0.05) is 22.9 Å². The molecule has 1 aromatic rings. The molecular weight excluding hydrogens is 307 g/mol. The maximum absolute atomic E-state index is 14.2. The molecule has 0 aliphatic carbocycles. The lowest BCUT2D eigenvalue weighted by Crippen LogP contribution is -2.56. The van der Waals surface area contributed by atoms with Crippen LogP contribution in [0.15, 0.2) is 22.7 Å². The van der Waals surface area contributed by atoms with Crippen LogP contribution in [0.4, 0.5) is 10.1 Å². The average molecular weight is 327 g/mol. The van der Waals surface area contributed by atoms with E-state index in [9.17, 15) is 4.39 Å². The van der Waals surface area contributed by atoms with Crippen molar-refractivity contribution in [3.63, 3.8) is 0 Å². The first-order valence-electron chi connectivity index (χ1n) is 7.14. The van der Waals surface area contributed by atoms with Gasteiger partial charge in [0.05, 0.1) is 5.69 Å². The molecule has 2 heterocycles. The van der Waals surface area contributed by atoms with Crippen LogP contribution in [0.1, 0.15) is 26.2 Å².